The van der Waals surface area contributed by atoms with Gasteiger partial charge in [0, 0.05) is 12.3 Å². The van der Waals surface area contributed by atoms with E-state index < -0.39 is 0 Å². The molecule has 1 aliphatic carbocycles. The van der Waals surface area contributed by atoms with E-state index in [1.807, 2.05) is 0 Å². The van der Waals surface area contributed by atoms with E-state index in [4.69, 9.17) is 10.2 Å². The lowest BCUT2D eigenvalue weighted by Gasteiger charge is -2.19. The van der Waals surface area contributed by atoms with Crippen LogP contribution in [0, 0.1) is 0 Å². The van der Waals surface area contributed by atoms with Gasteiger partial charge in [0.2, 0.25) is 0 Å². The minimum atomic E-state index is -0.325. The van der Waals surface area contributed by atoms with Crippen molar-refractivity contribution >= 4 is 0 Å². The summed E-state index contributed by atoms with van der Waals surface area (Å²) in [5.74, 6) is 0.920. The van der Waals surface area contributed by atoms with Gasteiger partial charge in [-0.15, -0.1) is 0 Å². The van der Waals surface area contributed by atoms with Crippen LogP contribution in [0.4, 0.5) is 0 Å². The number of H-pyrrole nitrogens is 1. The van der Waals surface area contributed by atoms with Gasteiger partial charge in [0.25, 0.3) is 0 Å². The van der Waals surface area contributed by atoms with Crippen LogP contribution >= 0.6 is 0 Å². The van der Waals surface area contributed by atoms with Crippen molar-refractivity contribution < 1.29 is 4.42 Å². The number of fused-ring (bicyclic) bond motifs is 1. The zero-order valence-corrected chi connectivity index (χ0v) is 7.51. The van der Waals surface area contributed by atoms with Crippen LogP contribution in [0.5, 0.6) is 0 Å². The first-order valence-corrected chi connectivity index (χ1v) is 4.73. The van der Waals surface area contributed by atoms with Crippen LogP contribution in [0.1, 0.15) is 36.6 Å². The third-order valence-corrected chi connectivity index (χ3v) is 2.63. The first kappa shape index (κ1) is 8.56. The smallest absolute Gasteiger partial charge is 0.413 e. The minimum Gasteiger partial charge on any atom is -0.413 e. The molecule has 0 saturated heterocycles. The van der Waals surface area contributed by atoms with E-state index in [1.54, 1.807) is 0 Å². The van der Waals surface area contributed by atoms with E-state index in [0.29, 0.717) is 12.5 Å². The van der Waals surface area contributed by atoms with Gasteiger partial charge in [-0.2, -0.15) is 0 Å². The maximum Gasteiger partial charge on any atom is 0.416 e. The average molecular weight is 182 g/mol. The molecule has 2 rings (SSSR count). The lowest BCUT2D eigenvalue weighted by atomic mass is 9.88. The molecule has 4 heteroatoms. The van der Waals surface area contributed by atoms with Crippen LogP contribution in [0.25, 0.3) is 0 Å². The number of aromatic nitrogens is 1. The van der Waals surface area contributed by atoms with Gasteiger partial charge in [-0.3, -0.25) is 4.98 Å². The van der Waals surface area contributed by atoms with Gasteiger partial charge >= 0.3 is 5.76 Å². The lowest BCUT2D eigenvalue weighted by Crippen LogP contribution is -2.13. The number of nitrogens with two attached hydrogens (primary N) is 1. The molecule has 1 unspecified atom stereocenters. The maximum atomic E-state index is 11.0. The van der Waals surface area contributed by atoms with Gasteiger partial charge in [-0.05, 0) is 25.8 Å². The van der Waals surface area contributed by atoms with E-state index in [9.17, 15) is 4.79 Å². The molecule has 4 nitrogen and oxygen atoms in total. The molecule has 1 aromatic rings. The summed E-state index contributed by atoms with van der Waals surface area (Å²) < 4.78 is 5.03. The van der Waals surface area contributed by atoms with Crippen LogP contribution in [0.15, 0.2) is 9.21 Å². The number of aromatic amines is 1. The summed E-state index contributed by atoms with van der Waals surface area (Å²) in [6.45, 7) is 0.664. The monoisotopic (exact) mass is 182 g/mol. The molecule has 72 valence electrons. The minimum absolute atomic E-state index is 0.325. The Kier molecular flexibility index (Phi) is 2.22. The molecule has 0 aromatic carbocycles. The molecule has 0 saturated carbocycles. The van der Waals surface area contributed by atoms with Crippen molar-refractivity contribution in [3.63, 3.8) is 0 Å². The normalized spacial score (nSPS) is 21.5. The topological polar surface area (TPSA) is 72.0 Å². The molecule has 1 aromatic heterocycles. The van der Waals surface area contributed by atoms with Gasteiger partial charge in [0.05, 0.1) is 5.69 Å². The number of oxazole rings is 1. The lowest BCUT2D eigenvalue weighted by molar-refractivity contribution is 0.426. The van der Waals surface area contributed by atoms with Crippen LogP contribution in [0.2, 0.25) is 0 Å². The number of rotatable bonds is 2. The zero-order valence-electron chi connectivity index (χ0n) is 7.51. The van der Waals surface area contributed by atoms with Crippen molar-refractivity contribution in [2.24, 2.45) is 5.73 Å². The van der Waals surface area contributed by atoms with Gasteiger partial charge in [-0.25, -0.2) is 4.79 Å². The predicted octanol–water partition coefficient (Wildman–Crippen LogP) is 0.737. The summed E-state index contributed by atoms with van der Waals surface area (Å²) in [6.07, 6.45) is 4.02. The van der Waals surface area contributed by atoms with E-state index in [2.05, 4.69) is 4.98 Å². The summed E-state index contributed by atoms with van der Waals surface area (Å²) in [6, 6.07) is 0. The molecular weight excluding hydrogens is 168 g/mol. The molecule has 13 heavy (non-hydrogen) atoms. The first-order valence-electron chi connectivity index (χ1n) is 4.73. The van der Waals surface area contributed by atoms with E-state index in [-0.39, 0.29) is 5.76 Å². The molecule has 3 N–H and O–H groups in total. The van der Waals surface area contributed by atoms with Crippen molar-refractivity contribution in [3.05, 3.63) is 22.0 Å². The Balaban J connectivity index is 2.30. The van der Waals surface area contributed by atoms with Gasteiger partial charge in [-0.1, -0.05) is 0 Å². The van der Waals surface area contributed by atoms with Crippen LogP contribution < -0.4 is 11.5 Å². The quantitative estimate of drug-likeness (QED) is 0.708. The zero-order chi connectivity index (χ0) is 9.26. The molecule has 0 fully saturated rings. The maximum absolute atomic E-state index is 11.0. The second kappa shape index (κ2) is 3.38. The van der Waals surface area contributed by atoms with Crippen molar-refractivity contribution in [1.29, 1.82) is 0 Å². The van der Waals surface area contributed by atoms with E-state index in [1.165, 1.54) is 0 Å². The van der Waals surface area contributed by atoms with Crippen LogP contribution in [-0.4, -0.2) is 11.5 Å². The third-order valence-electron chi connectivity index (χ3n) is 2.63. The summed E-state index contributed by atoms with van der Waals surface area (Å²) in [5, 5.41) is 0. The van der Waals surface area contributed by atoms with Crippen molar-refractivity contribution in [1.82, 2.24) is 4.98 Å². The summed E-state index contributed by atoms with van der Waals surface area (Å²) in [5.41, 5.74) is 6.49. The summed E-state index contributed by atoms with van der Waals surface area (Å²) in [4.78, 5) is 13.7. The van der Waals surface area contributed by atoms with E-state index in [0.717, 1.165) is 37.1 Å². The Morgan fingerprint density at radius 1 is 1.62 bits per heavy atom. The van der Waals surface area contributed by atoms with Crippen molar-refractivity contribution in [3.8, 4) is 0 Å². The fraction of sp³-hybridized carbons (Fsp3) is 0.667. The summed E-state index contributed by atoms with van der Waals surface area (Å²) in [7, 11) is 0. The molecular formula is C9H14N2O2. The molecule has 1 heterocycles. The fourth-order valence-electron chi connectivity index (χ4n) is 2.03. The molecule has 0 aliphatic heterocycles. The summed E-state index contributed by atoms with van der Waals surface area (Å²) >= 11 is 0. The Morgan fingerprint density at radius 2 is 2.46 bits per heavy atom. The second-order valence-electron chi connectivity index (χ2n) is 3.52. The van der Waals surface area contributed by atoms with Crippen LogP contribution in [0.3, 0.4) is 0 Å². The molecule has 0 radical (unpaired) electrons. The number of aryl methyl sites for hydroxylation is 1. The van der Waals surface area contributed by atoms with Crippen molar-refractivity contribution in [2.75, 3.05) is 6.54 Å². The van der Waals surface area contributed by atoms with Crippen molar-refractivity contribution in [2.45, 2.75) is 31.6 Å². The third kappa shape index (κ3) is 1.54. The Morgan fingerprint density at radius 3 is 3.23 bits per heavy atom. The van der Waals surface area contributed by atoms with Gasteiger partial charge < -0.3 is 10.2 Å². The number of hydrogen-bond donors (Lipinski definition) is 2. The molecule has 0 spiro atoms. The highest BCUT2D eigenvalue weighted by atomic mass is 16.4. The van der Waals surface area contributed by atoms with E-state index >= 15 is 0 Å². The average Bonchev–Trinajstić information content (AvgIpc) is 2.47. The van der Waals surface area contributed by atoms with Gasteiger partial charge in [0.1, 0.15) is 5.76 Å². The number of nitrogens with one attached hydrogen (secondary N) is 1. The highest BCUT2D eigenvalue weighted by molar-refractivity contribution is 5.16. The second-order valence-corrected chi connectivity index (χ2v) is 3.52. The highest BCUT2D eigenvalue weighted by Crippen LogP contribution is 2.31. The molecule has 1 atom stereocenters. The van der Waals surface area contributed by atoms with Gasteiger partial charge in [0.15, 0.2) is 0 Å². The molecule has 1 aliphatic rings. The largest absolute Gasteiger partial charge is 0.416 e. The Bertz CT molecular complexity index is 340. The van der Waals surface area contributed by atoms with Crippen LogP contribution in [-0.2, 0) is 6.42 Å². The fourth-order valence-corrected chi connectivity index (χ4v) is 2.03. The first-order chi connectivity index (χ1) is 6.31. The Hall–Kier alpha value is -1.03. The SMILES string of the molecule is NCCC1CCCc2oc(=O)[nH]c21. The standard InChI is InChI=1S/C9H14N2O2/c10-5-4-6-2-1-3-7-8(6)11-9(12)13-7/h6H,1-5,10H2,(H,11,12). The molecule has 0 amide bonds. The highest BCUT2D eigenvalue weighted by Gasteiger charge is 2.23. The molecule has 0 bridgehead atoms. The predicted molar refractivity (Wildman–Crippen MR) is 48.7 cm³/mol. The Labute approximate surface area is 76.1 Å². The number of hydrogen-bond acceptors (Lipinski definition) is 3.